The van der Waals surface area contributed by atoms with Crippen LogP contribution in [0.25, 0.3) is 10.9 Å². The molecule has 134 valence electrons. The molecule has 1 N–H and O–H groups in total. The van der Waals surface area contributed by atoms with Crippen LogP contribution in [0.3, 0.4) is 0 Å². The minimum atomic E-state index is -0.268. The number of benzene rings is 2. The van der Waals surface area contributed by atoms with Crippen LogP contribution in [0.5, 0.6) is 0 Å². The number of aryl methyl sites for hydroxylation is 1. The van der Waals surface area contributed by atoms with Gasteiger partial charge in [0.2, 0.25) is 0 Å². The molecule has 26 heavy (non-hydrogen) atoms. The van der Waals surface area contributed by atoms with Crippen LogP contribution >= 0.6 is 11.6 Å². The van der Waals surface area contributed by atoms with Crippen LogP contribution in [-0.2, 0) is 12.5 Å². The van der Waals surface area contributed by atoms with Crippen LogP contribution in [0, 0.1) is 0 Å². The van der Waals surface area contributed by atoms with E-state index in [2.05, 4.69) is 19.2 Å². The summed E-state index contributed by atoms with van der Waals surface area (Å²) in [5.41, 5.74) is 1.75. The van der Waals surface area contributed by atoms with Gasteiger partial charge in [-0.1, -0.05) is 55.8 Å². The molecule has 0 saturated heterocycles. The van der Waals surface area contributed by atoms with Gasteiger partial charge in [-0.05, 0) is 23.8 Å². The molecule has 0 atom stereocenters. The Morgan fingerprint density at radius 1 is 1.12 bits per heavy atom. The molecular weight excluding hydrogens is 348 g/mol. The summed E-state index contributed by atoms with van der Waals surface area (Å²) in [6.07, 6.45) is 0. The fourth-order valence-corrected chi connectivity index (χ4v) is 3.12. The third-order valence-corrected chi connectivity index (χ3v) is 4.97. The number of rotatable bonds is 4. The summed E-state index contributed by atoms with van der Waals surface area (Å²) in [6, 6.07) is 16.4. The van der Waals surface area contributed by atoms with Crippen molar-refractivity contribution in [3.05, 3.63) is 81.1 Å². The molecule has 0 fully saturated rings. The Bertz CT molecular complexity index is 1020. The summed E-state index contributed by atoms with van der Waals surface area (Å²) in [4.78, 5) is 25.0. The molecule has 0 saturated carbocycles. The Morgan fingerprint density at radius 2 is 1.77 bits per heavy atom. The number of para-hydroxylation sites is 1. The van der Waals surface area contributed by atoms with Crippen molar-refractivity contribution >= 4 is 28.4 Å². The highest BCUT2D eigenvalue weighted by molar-refractivity contribution is 6.30. The topological polar surface area (TPSA) is 51.1 Å². The predicted octanol–water partition coefficient (Wildman–Crippen LogP) is 3.90. The number of nitrogens with zero attached hydrogens (tertiary/aromatic N) is 1. The number of hydrogen-bond acceptors (Lipinski definition) is 2. The number of amides is 1. The van der Waals surface area contributed by atoms with Crippen molar-refractivity contribution < 1.29 is 4.79 Å². The summed E-state index contributed by atoms with van der Waals surface area (Å²) < 4.78 is 1.55. The van der Waals surface area contributed by atoms with Gasteiger partial charge in [0.05, 0.1) is 11.1 Å². The average molecular weight is 369 g/mol. The van der Waals surface area contributed by atoms with Gasteiger partial charge in [-0.25, -0.2) is 0 Å². The number of nitrogens with one attached hydrogen (secondary N) is 1. The molecule has 1 aromatic heterocycles. The molecule has 0 unspecified atom stereocenters. The van der Waals surface area contributed by atoms with E-state index in [1.54, 1.807) is 11.6 Å². The molecule has 0 aliphatic heterocycles. The molecule has 4 nitrogen and oxygen atoms in total. The lowest BCUT2D eigenvalue weighted by atomic mass is 9.84. The monoisotopic (exact) mass is 368 g/mol. The fourth-order valence-electron chi connectivity index (χ4n) is 3.00. The molecular formula is C21H21ClN2O2. The predicted molar refractivity (Wildman–Crippen MR) is 106 cm³/mol. The highest BCUT2D eigenvalue weighted by Crippen LogP contribution is 2.24. The van der Waals surface area contributed by atoms with Crippen molar-refractivity contribution in [2.75, 3.05) is 6.54 Å². The molecule has 5 heteroatoms. The van der Waals surface area contributed by atoms with Crippen molar-refractivity contribution in [1.82, 2.24) is 9.88 Å². The second kappa shape index (κ2) is 6.96. The van der Waals surface area contributed by atoms with Gasteiger partial charge in [-0.3, -0.25) is 9.59 Å². The first-order valence-corrected chi connectivity index (χ1v) is 8.80. The van der Waals surface area contributed by atoms with E-state index in [-0.39, 0.29) is 16.9 Å². The molecule has 0 radical (unpaired) electrons. The molecule has 0 bridgehead atoms. The largest absolute Gasteiger partial charge is 0.351 e. The Hall–Kier alpha value is -2.59. The van der Waals surface area contributed by atoms with Gasteiger partial charge in [0.1, 0.15) is 0 Å². The molecule has 0 aliphatic rings. The maximum atomic E-state index is 12.8. The quantitative estimate of drug-likeness (QED) is 0.759. The number of halogens is 1. The maximum Gasteiger partial charge on any atom is 0.252 e. The van der Waals surface area contributed by atoms with Gasteiger partial charge >= 0.3 is 0 Å². The third-order valence-electron chi connectivity index (χ3n) is 4.72. The minimum absolute atomic E-state index is 0.203. The molecule has 1 amide bonds. The second-order valence-corrected chi connectivity index (χ2v) is 7.48. The Balaban J connectivity index is 1.87. The first-order chi connectivity index (χ1) is 12.3. The molecule has 3 aromatic rings. The smallest absolute Gasteiger partial charge is 0.252 e. The van der Waals surface area contributed by atoms with Crippen molar-refractivity contribution in [2.24, 2.45) is 7.05 Å². The second-order valence-electron chi connectivity index (χ2n) is 7.05. The van der Waals surface area contributed by atoms with Crippen LogP contribution in [0.4, 0.5) is 0 Å². The van der Waals surface area contributed by atoms with E-state index in [1.165, 1.54) is 6.07 Å². The number of carbonyl (C=O) groups excluding carboxylic acids is 1. The lowest BCUT2D eigenvalue weighted by Gasteiger charge is -2.26. The van der Waals surface area contributed by atoms with Gasteiger partial charge in [0.15, 0.2) is 0 Å². The molecule has 3 rings (SSSR count). The number of pyridine rings is 1. The van der Waals surface area contributed by atoms with Gasteiger partial charge in [-0.2, -0.15) is 0 Å². The van der Waals surface area contributed by atoms with E-state index < -0.39 is 0 Å². The SMILES string of the molecule is Cn1c(=O)cc(C(=O)NCC(C)(C)c2ccc(Cl)cc2)c2ccccc21. The number of hydrogen-bond donors (Lipinski definition) is 1. The summed E-state index contributed by atoms with van der Waals surface area (Å²) in [5.74, 6) is -0.249. The summed E-state index contributed by atoms with van der Waals surface area (Å²) in [6.45, 7) is 4.55. The highest BCUT2D eigenvalue weighted by Gasteiger charge is 2.22. The van der Waals surface area contributed by atoms with Gasteiger partial charge in [0.25, 0.3) is 11.5 Å². The number of aromatic nitrogens is 1. The van der Waals surface area contributed by atoms with Crippen LogP contribution in [0.2, 0.25) is 5.02 Å². The highest BCUT2D eigenvalue weighted by atomic mass is 35.5. The van der Waals surface area contributed by atoms with Crippen molar-refractivity contribution in [2.45, 2.75) is 19.3 Å². The van der Waals surface area contributed by atoms with Crippen molar-refractivity contribution in [3.8, 4) is 0 Å². The first-order valence-electron chi connectivity index (χ1n) is 8.42. The van der Waals surface area contributed by atoms with Crippen molar-refractivity contribution in [1.29, 1.82) is 0 Å². The van der Waals surface area contributed by atoms with E-state index in [9.17, 15) is 9.59 Å². The first kappa shape index (κ1) is 18.2. The van der Waals surface area contributed by atoms with Crippen LogP contribution < -0.4 is 10.9 Å². The van der Waals surface area contributed by atoms with Gasteiger partial charge < -0.3 is 9.88 Å². The van der Waals surface area contributed by atoms with Crippen LogP contribution in [0.1, 0.15) is 29.8 Å². The maximum absolute atomic E-state index is 12.8. The summed E-state index contributed by atoms with van der Waals surface area (Å²) in [7, 11) is 1.70. The number of carbonyl (C=O) groups is 1. The zero-order valence-corrected chi connectivity index (χ0v) is 15.8. The fraction of sp³-hybridized carbons (Fsp3) is 0.238. The van der Waals surface area contributed by atoms with E-state index in [0.29, 0.717) is 17.1 Å². The van der Waals surface area contributed by atoms with Gasteiger partial charge in [0, 0.05) is 35.5 Å². The average Bonchev–Trinajstić information content (AvgIpc) is 2.63. The van der Waals surface area contributed by atoms with E-state index >= 15 is 0 Å². The summed E-state index contributed by atoms with van der Waals surface area (Å²) in [5, 5.41) is 4.41. The molecule has 1 heterocycles. The Kier molecular flexibility index (Phi) is 4.88. The zero-order valence-electron chi connectivity index (χ0n) is 15.0. The third kappa shape index (κ3) is 3.51. The standard InChI is InChI=1S/C21H21ClN2O2/c1-21(2,14-8-10-15(22)11-9-14)13-23-20(26)17-12-19(25)24(3)18-7-5-4-6-16(17)18/h4-12H,13H2,1-3H3,(H,23,26). The molecule has 2 aromatic carbocycles. The van der Waals surface area contributed by atoms with Crippen molar-refractivity contribution in [3.63, 3.8) is 0 Å². The lowest BCUT2D eigenvalue weighted by Crippen LogP contribution is -2.37. The Labute approximate surface area is 157 Å². The minimum Gasteiger partial charge on any atom is -0.351 e. The van der Waals surface area contributed by atoms with E-state index in [0.717, 1.165) is 16.5 Å². The normalized spacial score (nSPS) is 11.5. The van der Waals surface area contributed by atoms with Crippen LogP contribution in [0.15, 0.2) is 59.4 Å². The van der Waals surface area contributed by atoms with E-state index in [4.69, 9.17) is 11.6 Å². The lowest BCUT2D eigenvalue weighted by molar-refractivity contribution is 0.0947. The summed E-state index contributed by atoms with van der Waals surface area (Å²) >= 11 is 5.95. The van der Waals surface area contributed by atoms with E-state index in [1.807, 2.05) is 48.5 Å². The Morgan fingerprint density at radius 3 is 2.46 bits per heavy atom. The molecule has 0 spiro atoms. The number of fused-ring (bicyclic) bond motifs is 1. The van der Waals surface area contributed by atoms with Crippen LogP contribution in [-0.4, -0.2) is 17.0 Å². The molecule has 0 aliphatic carbocycles. The van der Waals surface area contributed by atoms with Gasteiger partial charge in [-0.15, -0.1) is 0 Å². The zero-order chi connectivity index (χ0) is 18.9.